The SMILES string of the molecule is CC(=O)c1ccccc1NC(=O)[C@H](C)OC(=O)[C@H](C)Sc1ccccc1. The maximum absolute atomic E-state index is 12.3. The lowest BCUT2D eigenvalue weighted by atomic mass is 10.1. The van der Waals surface area contributed by atoms with Crippen molar-refractivity contribution in [3.05, 3.63) is 60.2 Å². The third-order valence-electron chi connectivity index (χ3n) is 3.61. The average molecular weight is 371 g/mol. The summed E-state index contributed by atoms with van der Waals surface area (Å²) in [7, 11) is 0. The normalized spacial score (nSPS) is 12.7. The molecule has 2 aromatic rings. The Morgan fingerprint density at radius 2 is 1.58 bits per heavy atom. The van der Waals surface area contributed by atoms with Gasteiger partial charge in [-0.3, -0.25) is 14.4 Å². The number of ether oxygens (including phenoxy) is 1. The molecular weight excluding hydrogens is 350 g/mol. The number of ketones is 1. The van der Waals surface area contributed by atoms with E-state index < -0.39 is 23.2 Å². The fraction of sp³-hybridized carbons (Fsp3) is 0.250. The Kier molecular flexibility index (Phi) is 6.97. The van der Waals surface area contributed by atoms with Crippen molar-refractivity contribution in [2.75, 3.05) is 5.32 Å². The molecule has 2 aromatic carbocycles. The maximum Gasteiger partial charge on any atom is 0.319 e. The topological polar surface area (TPSA) is 72.5 Å². The van der Waals surface area contributed by atoms with Gasteiger partial charge in [0.2, 0.25) is 0 Å². The molecule has 0 radical (unpaired) electrons. The first kappa shape index (κ1) is 19.7. The van der Waals surface area contributed by atoms with E-state index in [2.05, 4.69) is 5.32 Å². The van der Waals surface area contributed by atoms with Gasteiger partial charge in [0.25, 0.3) is 5.91 Å². The summed E-state index contributed by atoms with van der Waals surface area (Å²) in [5, 5.41) is 2.19. The minimum atomic E-state index is -0.971. The van der Waals surface area contributed by atoms with E-state index in [1.807, 2.05) is 30.3 Å². The Hall–Kier alpha value is -2.60. The first-order valence-corrected chi connectivity index (χ1v) is 9.09. The molecule has 0 saturated carbocycles. The summed E-state index contributed by atoms with van der Waals surface area (Å²) >= 11 is 1.36. The number of hydrogen-bond donors (Lipinski definition) is 1. The number of para-hydroxylation sites is 1. The van der Waals surface area contributed by atoms with E-state index in [4.69, 9.17) is 4.74 Å². The van der Waals surface area contributed by atoms with Gasteiger partial charge in [-0.15, -0.1) is 11.8 Å². The quantitative estimate of drug-likeness (QED) is 0.453. The summed E-state index contributed by atoms with van der Waals surface area (Å²) in [6, 6.07) is 16.2. The first-order chi connectivity index (χ1) is 12.4. The number of nitrogens with one attached hydrogen (secondary N) is 1. The second kappa shape index (κ2) is 9.20. The van der Waals surface area contributed by atoms with Crippen LogP contribution in [0.5, 0.6) is 0 Å². The average Bonchev–Trinajstić information content (AvgIpc) is 2.62. The van der Waals surface area contributed by atoms with Crippen LogP contribution in [0.25, 0.3) is 0 Å². The van der Waals surface area contributed by atoms with Crippen molar-refractivity contribution in [3.63, 3.8) is 0 Å². The van der Waals surface area contributed by atoms with E-state index in [9.17, 15) is 14.4 Å². The molecule has 6 heteroatoms. The monoisotopic (exact) mass is 371 g/mol. The smallest absolute Gasteiger partial charge is 0.319 e. The van der Waals surface area contributed by atoms with E-state index in [1.54, 1.807) is 31.2 Å². The molecule has 0 spiro atoms. The van der Waals surface area contributed by atoms with Gasteiger partial charge in [0.15, 0.2) is 11.9 Å². The van der Waals surface area contributed by atoms with Crippen LogP contribution in [0.2, 0.25) is 0 Å². The molecule has 0 aliphatic heterocycles. The first-order valence-electron chi connectivity index (χ1n) is 8.21. The van der Waals surface area contributed by atoms with Gasteiger partial charge in [-0.05, 0) is 45.0 Å². The van der Waals surface area contributed by atoms with Crippen LogP contribution >= 0.6 is 11.8 Å². The number of carbonyl (C=O) groups is 3. The van der Waals surface area contributed by atoms with E-state index in [-0.39, 0.29) is 5.78 Å². The number of rotatable bonds is 7. The van der Waals surface area contributed by atoms with Gasteiger partial charge >= 0.3 is 5.97 Å². The highest BCUT2D eigenvalue weighted by Crippen LogP contribution is 2.24. The van der Waals surface area contributed by atoms with Crippen molar-refractivity contribution in [3.8, 4) is 0 Å². The standard InChI is InChI=1S/C20H21NO4S/c1-13(22)17-11-7-8-12-18(17)21-19(23)14(2)25-20(24)15(3)26-16-9-5-4-6-10-16/h4-12,14-15H,1-3H3,(H,21,23)/t14-,15-/m0/s1. The van der Waals surface area contributed by atoms with Gasteiger partial charge in [-0.25, -0.2) is 0 Å². The predicted molar refractivity (Wildman–Crippen MR) is 102 cm³/mol. The lowest BCUT2D eigenvalue weighted by molar-refractivity contribution is -0.152. The zero-order chi connectivity index (χ0) is 19.1. The Morgan fingerprint density at radius 1 is 0.962 bits per heavy atom. The van der Waals surface area contributed by atoms with E-state index in [0.29, 0.717) is 11.3 Å². The molecule has 1 N–H and O–H groups in total. The lowest BCUT2D eigenvalue weighted by Gasteiger charge is -2.17. The van der Waals surface area contributed by atoms with Gasteiger partial charge in [0, 0.05) is 10.5 Å². The van der Waals surface area contributed by atoms with Crippen LogP contribution in [0.3, 0.4) is 0 Å². The summed E-state index contributed by atoms with van der Waals surface area (Å²) in [6.45, 7) is 4.66. The van der Waals surface area contributed by atoms with Crippen LogP contribution in [0.1, 0.15) is 31.1 Å². The zero-order valence-electron chi connectivity index (χ0n) is 14.9. The number of benzene rings is 2. The number of amides is 1. The largest absolute Gasteiger partial charge is 0.452 e. The number of Topliss-reactive ketones (excluding diaryl/α,β-unsaturated/α-hetero) is 1. The molecule has 26 heavy (non-hydrogen) atoms. The summed E-state index contributed by atoms with van der Waals surface area (Å²) < 4.78 is 5.26. The molecule has 0 saturated heterocycles. The van der Waals surface area contributed by atoms with E-state index >= 15 is 0 Å². The summed E-state index contributed by atoms with van der Waals surface area (Å²) in [4.78, 5) is 37.1. The van der Waals surface area contributed by atoms with Crippen molar-refractivity contribution in [1.29, 1.82) is 0 Å². The predicted octanol–water partition coefficient (Wildman–Crippen LogP) is 3.94. The molecule has 0 aromatic heterocycles. The minimum Gasteiger partial charge on any atom is -0.452 e. The fourth-order valence-corrected chi connectivity index (χ4v) is 3.08. The Morgan fingerprint density at radius 3 is 2.23 bits per heavy atom. The van der Waals surface area contributed by atoms with Gasteiger partial charge < -0.3 is 10.1 Å². The molecule has 0 unspecified atom stereocenters. The van der Waals surface area contributed by atoms with Crippen LogP contribution in [0, 0.1) is 0 Å². The summed E-state index contributed by atoms with van der Waals surface area (Å²) in [5.41, 5.74) is 0.812. The molecule has 2 atom stereocenters. The number of esters is 1. The van der Waals surface area contributed by atoms with Crippen molar-refractivity contribution in [2.24, 2.45) is 0 Å². The molecule has 1 amide bonds. The number of anilines is 1. The molecule has 0 bridgehead atoms. The molecule has 0 aliphatic rings. The molecule has 2 rings (SSSR count). The second-order valence-electron chi connectivity index (χ2n) is 5.74. The van der Waals surface area contributed by atoms with Gasteiger partial charge in [0.05, 0.1) is 5.69 Å². The van der Waals surface area contributed by atoms with Crippen LogP contribution in [0.15, 0.2) is 59.5 Å². The van der Waals surface area contributed by atoms with Gasteiger partial charge in [-0.2, -0.15) is 0 Å². The molecule has 0 aliphatic carbocycles. The Bertz CT molecular complexity index is 791. The third kappa shape index (κ3) is 5.46. The van der Waals surface area contributed by atoms with Crippen molar-refractivity contribution in [1.82, 2.24) is 0 Å². The van der Waals surface area contributed by atoms with Crippen molar-refractivity contribution in [2.45, 2.75) is 37.0 Å². The fourth-order valence-electron chi connectivity index (χ4n) is 2.21. The zero-order valence-corrected chi connectivity index (χ0v) is 15.7. The van der Waals surface area contributed by atoms with Crippen LogP contribution in [0.4, 0.5) is 5.69 Å². The van der Waals surface area contributed by atoms with Crippen LogP contribution in [-0.4, -0.2) is 29.0 Å². The van der Waals surface area contributed by atoms with Crippen LogP contribution in [-0.2, 0) is 14.3 Å². The van der Waals surface area contributed by atoms with Crippen molar-refractivity contribution < 1.29 is 19.1 Å². The maximum atomic E-state index is 12.3. The van der Waals surface area contributed by atoms with Gasteiger partial charge in [-0.1, -0.05) is 30.3 Å². The Balaban J connectivity index is 1.94. The summed E-state index contributed by atoms with van der Waals surface area (Å²) in [6.07, 6.45) is -0.971. The lowest BCUT2D eigenvalue weighted by Crippen LogP contribution is -2.32. The molecule has 0 heterocycles. The molecule has 0 fully saturated rings. The molecule has 5 nitrogen and oxygen atoms in total. The number of carbonyl (C=O) groups excluding carboxylic acids is 3. The number of thioether (sulfide) groups is 1. The second-order valence-corrected chi connectivity index (χ2v) is 7.16. The minimum absolute atomic E-state index is 0.154. The third-order valence-corrected chi connectivity index (χ3v) is 4.70. The van der Waals surface area contributed by atoms with E-state index in [0.717, 1.165) is 4.90 Å². The molecular formula is C20H21NO4S. The van der Waals surface area contributed by atoms with Crippen LogP contribution < -0.4 is 5.32 Å². The molecule has 136 valence electrons. The highest BCUT2D eigenvalue weighted by molar-refractivity contribution is 8.00. The Labute approximate surface area is 157 Å². The van der Waals surface area contributed by atoms with Gasteiger partial charge in [0.1, 0.15) is 5.25 Å². The van der Waals surface area contributed by atoms with E-state index in [1.165, 1.54) is 25.6 Å². The highest BCUT2D eigenvalue weighted by atomic mass is 32.2. The summed E-state index contributed by atoms with van der Waals surface area (Å²) in [5.74, 6) is -1.11. The number of hydrogen-bond acceptors (Lipinski definition) is 5. The van der Waals surface area contributed by atoms with Crippen molar-refractivity contribution >= 4 is 35.1 Å². The highest BCUT2D eigenvalue weighted by Gasteiger charge is 2.23.